The summed E-state index contributed by atoms with van der Waals surface area (Å²) in [6.07, 6.45) is 0. The number of benzene rings is 1. The minimum absolute atomic E-state index is 0. The fraction of sp³-hybridized carbons (Fsp3) is 0.200. The molecule has 0 aromatic heterocycles. The van der Waals surface area contributed by atoms with E-state index in [-0.39, 0.29) is 59.6 Å². The predicted octanol–water partition coefficient (Wildman–Crippen LogP) is 3.14. The molecule has 0 bridgehead atoms. The minimum Gasteiger partial charge on any atom is -0.374 e. The summed E-state index contributed by atoms with van der Waals surface area (Å²) in [5.74, 6) is 0. The van der Waals surface area contributed by atoms with E-state index in [0.29, 0.717) is 0 Å². The molecule has 0 spiro atoms. The Morgan fingerprint density at radius 3 is 1.92 bits per heavy atom. The molecule has 0 aliphatic carbocycles. The second-order valence-corrected chi connectivity index (χ2v) is 1.39. The summed E-state index contributed by atoms with van der Waals surface area (Å²) in [6.45, 7) is 7.66. The van der Waals surface area contributed by atoms with Gasteiger partial charge in [-0.1, -0.05) is 13.8 Å². The largest absolute Gasteiger partial charge is 2.00 e. The molecule has 0 saturated carbocycles. The van der Waals surface area contributed by atoms with Crippen LogP contribution in [0, 0.1) is 51.5 Å². The van der Waals surface area contributed by atoms with Gasteiger partial charge in [0.2, 0.25) is 0 Å². The van der Waals surface area contributed by atoms with Crippen molar-refractivity contribution in [2.24, 2.45) is 0 Å². The monoisotopic (exact) mass is 557 g/mol. The molecule has 1 aromatic rings. The Morgan fingerprint density at radius 2 is 1.75 bits per heavy atom. The van der Waals surface area contributed by atoms with Gasteiger partial charge in [0, 0.05) is 21.1 Å². The molecule has 0 radical (unpaired) electrons. The van der Waals surface area contributed by atoms with Crippen LogP contribution in [-0.4, -0.2) is 0 Å². The average molecular weight is 557 g/mol. The zero-order valence-electron chi connectivity index (χ0n) is 7.92. The van der Waals surface area contributed by atoms with Gasteiger partial charge in [0.1, 0.15) is 0 Å². The normalized spacial score (nSPS) is 5.50. The van der Waals surface area contributed by atoms with Crippen molar-refractivity contribution in [2.45, 2.75) is 13.8 Å². The van der Waals surface area contributed by atoms with Crippen LogP contribution in [0.4, 0.5) is 0 Å². The van der Waals surface area contributed by atoms with Gasteiger partial charge in [-0.15, -0.1) is 6.07 Å². The Morgan fingerprint density at radius 1 is 1.25 bits per heavy atom. The van der Waals surface area contributed by atoms with Gasteiger partial charge in [-0.2, -0.15) is 12.1 Å². The summed E-state index contributed by atoms with van der Waals surface area (Å²) in [4.78, 5) is 0. The van der Waals surface area contributed by atoms with Crippen molar-refractivity contribution in [3.05, 3.63) is 50.2 Å². The first-order valence-electron chi connectivity index (χ1n) is 3.18. The summed E-state index contributed by atoms with van der Waals surface area (Å²) >= 11 is 0. The molecule has 0 heterocycles. The maximum atomic E-state index is 3.66. The Hall–Kier alpha value is 0.830. The molecule has 0 saturated heterocycles. The van der Waals surface area contributed by atoms with E-state index < -0.39 is 0 Å². The van der Waals surface area contributed by atoms with Crippen LogP contribution < -0.4 is 0 Å². The summed E-state index contributed by atoms with van der Waals surface area (Å²) < 4.78 is 0. The van der Waals surface area contributed by atoms with Crippen LogP contribution in [0.15, 0.2) is 24.3 Å². The number of hydrogen-bond donors (Lipinski definition) is 0. The van der Waals surface area contributed by atoms with E-state index in [9.17, 15) is 0 Å². The first-order chi connectivity index (χ1) is 4.39. The van der Waals surface area contributed by atoms with E-state index in [1.807, 2.05) is 38.1 Å². The molecule has 0 atom stereocenters. The van der Waals surface area contributed by atoms with E-state index in [2.05, 4.69) is 13.0 Å². The fourth-order valence-electron chi connectivity index (χ4n) is 0.431. The fourth-order valence-corrected chi connectivity index (χ4v) is 0.431. The number of rotatable bonds is 0. The molecule has 0 fully saturated rings. The van der Waals surface area contributed by atoms with Gasteiger partial charge < -0.3 is 26.0 Å². The molecule has 2 heteroatoms. The predicted molar refractivity (Wildman–Crippen MR) is 47.5 cm³/mol. The third-order valence-electron chi connectivity index (χ3n) is 0.773. The van der Waals surface area contributed by atoms with E-state index >= 15 is 0 Å². The Kier molecular flexibility index (Phi) is 34.2. The van der Waals surface area contributed by atoms with E-state index in [0.717, 1.165) is 5.56 Å². The molecule has 0 aliphatic rings. The maximum absolute atomic E-state index is 3.66. The second kappa shape index (κ2) is 17.8. The zero-order valence-corrected chi connectivity index (χ0v) is 15.0. The molecular weight excluding hydrogens is 542 g/mol. The maximum Gasteiger partial charge on any atom is 2.00 e. The van der Waals surface area contributed by atoms with Gasteiger partial charge in [0.25, 0.3) is 0 Å². The van der Waals surface area contributed by atoms with Crippen LogP contribution in [-0.2, 0) is 21.1 Å². The van der Waals surface area contributed by atoms with Crippen molar-refractivity contribution in [2.75, 3.05) is 0 Å². The van der Waals surface area contributed by atoms with Crippen molar-refractivity contribution in [1.82, 2.24) is 0 Å². The van der Waals surface area contributed by atoms with Gasteiger partial charge in [-0.3, -0.25) is 6.07 Å². The summed E-state index contributed by atoms with van der Waals surface area (Å²) in [6, 6.07) is 10.6. The van der Waals surface area contributed by atoms with Crippen molar-refractivity contribution in [3.63, 3.8) is 0 Å². The van der Waals surface area contributed by atoms with Gasteiger partial charge in [0.05, 0.1) is 0 Å². The van der Waals surface area contributed by atoms with Crippen LogP contribution in [0.5, 0.6) is 0 Å². The third-order valence-corrected chi connectivity index (χ3v) is 0.773. The van der Waals surface area contributed by atoms with Gasteiger partial charge >= 0.3 is 31.1 Å². The van der Waals surface area contributed by atoms with E-state index in [4.69, 9.17) is 0 Å². The molecule has 0 aliphatic heterocycles. The summed E-state index contributed by atoms with van der Waals surface area (Å²) in [5.41, 5.74) is 0.947. The summed E-state index contributed by atoms with van der Waals surface area (Å²) in [5, 5.41) is 0. The van der Waals surface area contributed by atoms with Gasteiger partial charge in [0.15, 0.2) is 0 Å². The minimum atomic E-state index is 0. The van der Waals surface area contributed by atoms with Crippen LogP contribution in [0.3, 0.4) is 0 Å². The number of hydrogen-bond acceptors (Lipinski definition) is 0. The van der Waals surface area contributed by atoms with Crippen LogP contribution in [0.25, 0.3) is 0 Å². The van der Waals surface area contributed by atoms with Crippen LogP contribution in [0.1, 0.15) is 19.4 Å². The SMILES string of the molecule is CC.[CH2-]c1[c-]cccc1.[CH3-].[U+2].[W]. The van der Waals surface area contributed by atoms with Crippen molar-refractivity contribution >= 4 is 0 Å². The molecular formula is C10H15UW-. The van der Waals surface area contributed by atoms with E-state index in [1.165, 1.54) is 0 Å². The molecule has 1 rings (SSSR count). The van der Waals surface area contributed by atoms with Crippen molar-refractivity contribution < 1.29 is 52.2 Å². The molecule has 0 amide bonds. The molecule has 66 valence electrons. The Labute approximate surface area is 115 Å². The van der Waals surface area contributed by atoms with Crippen molar-refractivity contribution in [3.8, 4) is 0 Å². The van der Waals surface area contributed by atoms with Gasteiger partial charge in [-0.05, 0) is 0 Å². The second-order valence-electron chi connectivity index (χ2n) is 1.39. The molecule has 1 aromatic carbocycles. The topological polar surface area (TPSA) is 0 Å². The molecule has 0 N–H and O–H groups in total. The van der Waals surface area contributed by atoms with Crippen LogP contribution in [0.2, 0.25) is 0 Å². The molecule has 0 unspecified atom stereocenters. The Bertz CT molecular complexity index is 140. The molecule has 12 heavy (non-hydrogen) atoms. The third kappa shape index (κ3) is 13.4. The standard InChI is InChI=1S/C7H6.C2H6.CH3.U.W/c1-7-5-3-2-4-6-7;1-2;;;/h2-5H,1H2;1-2H3;1H3;;/q-2;;-1;+2;. The van der Waals surface area contributed by atoms with E-state index in [1.54, 1.807) is 0 Å². The zero-order chi connectivity index (χ0) is 7.11. The van der Waals surface area contributed by atoms with Gasteiger partial charge in [-0.25, -0.2) is 0 Å². The van der Waals surface area contributed by atoms with Crippen LogP contribution >= 0.6 is 0 Å². The quantitative estimate of drug-likeness (QED) is 0.431. The Balaban J connectivity index is -0.0000000600. The smallest absolute Gasteiger partial charge is 0.374 e. The first kappa shape index (κ1) is 23.0. The summed E-state index contributed by atoms with van der Waals surface area (Å²) in [7, 11) is 0. The van der Waals surface area contributed by atoms with Crippen molar-refractivity contribution in [1.29, 1.82) is 0 Å². The molecule has 0 nitrogen and oxygen atoms in total. The average Bonchev–Trinajstić information content (AvgIpc) is 1.94. The first-order valence-corrected chi connectivity index (χ1v) is 3.18.